The maximum atomic E-state index is 12.0. The van der Waals surface area contributed by atoms with E-state index in [1.54, 1.807) is 11.9 Å². The third-order valence-electron chi connectivity index (χ3n) is 3.89. The summed E-state index contributed by atoms with van der Waals surface area (Å²) in [6.45, 7) is 2.90. The molecule has 0 N–H and O–H groups in total. The van der Waals surface area contributed by atoms with Crippen molar-refractivity contribution in [3.05, 3.63) is 35.9 Å². The van der Waals surface area contributed by atoms with Crippen LogP contribution in [0, 0.1) is 11.3 Å². The van der Waals surface area contributed by atoms with Crippen molar-refractivity contribution >= 4 is 5.91 Å². The average Bonchev–Trinajstić information content (AvgIpc) is 2.94. The summed E-state index contributed by atoms with van der Waals surface area (Å²) in [6.07, 6.45) is 1.51. The minimum absolute atomic E-state index is 0.106. The van der Waals surface area contributed by atoms with Gasteiger partial charge in [0, 0.05) is 20.1 Å². The topological polar surface area (TPSA) is 47.3 Å². The van der Waals surface area contributed by atoms with E-state index in [4.69, 9.17) is 5.26 Å². The second-order valence-corrected chi connectivity index (χ2v) is 5.35. The van der Waals surface area contributed by atoms with Gasteiger partial charge in [0.25, 0.3) is 0 Å². The molecule has 4 heteroatoms. The van der Waals surface area contributed by atoms with Crippen LogP contribution >= 0.6 is 0 Å². The van der Waals surface area contributed by atoms with Crippen LogP contribution in [0.4, 0.5) is 0 Å². The molecule has 1 aliphatic rings. The van der Waals surface area contributed by atoms with Crippen LogP contribution in [0.1, 0.15) is 24.3 Å². The summed E-state index contributed by atoms with van der Waals surface area (Å²) < 4.78 is 0. The predicted octanol–water partition coefficient (Wildman–Crippen LogP) is 1.85. The Morgan fingerprint density at radius 3 is 2.90 bits per heavy atom. The van der Waals surface area contributed by atoms with E-state index in [0.717, 1.165) is 19.5 Å². The van der Waals surface area contributed by atoms with Crippen molar-refractivity contribution in [3.63, 3.8) is 0 Å². The Morgan fingerprint density at radius 2 is 2.20 bits per heavy atom. The van der Waals surface area contributed by atoms with Crippen LogP contribution in [0.3, 0.4) is 0 Å². The largest absolute Gasteiger partial charge is 0.344 e. The van der Waals surface area contributed by atoms with Crippen molar-refractivity contribution in [1.82, 2.24) is 9.80 Å². The van der Waals surface area contributed by atoms with Crippen LogP contribution in [-0.4, -0.2) is 48.9 Å². The Labute approximate surface area is 120 Å². The molecule has 1 amide bonds. The number of likely N-dealkylation sites (N-methyl/N-ethyl adjacent to an activating group) is 1. The monoisotopic (exact) mass is 271 g/mol. The summed E-state index contributed by atoms with van der Waals surface area (Å²) in [5.41, 5.74) is 1.36. The normalized spacial score (nSPS) is 18.7. The van der Waals surface area contributed by atoms with Crippen molar-refractivity contribution in [1.29, 1.82) is 5.26 Å². The third kappa shape index (κ3) is 3.82. The van der Waals surface area contributed by atoms with Gasteiger partial charge in [0.2, 0.25) is 5.91 Å². The van der Waals surface area contributed by atoms with Gasteiger partial charge in [-0.25, -0.2) is 0 Å². The van der Waals surface area contributed by atoms with Crippen LogP contribution in [0.25, 0.3) is 0 Å². The van der Waals surface area contributed by atoms with Crippen LogP contribution in [-0.2, 0) is 4.79 Å². The summed E-state index contributed by atoms with van der Waals surface area (Å²) in [5, 5.41) is 8.54. The van der Waals surface area contributed by atoms with Gasteiger partial charge in [-0.1, -0.05) is 30.3 Å². The minimum atomic E-state index is 0.106. The Kier molecular flexibility index (Phi) is 5.14. The molecule has 1 heterocycles. The van der Waals surface area contributed by atoms with Crippen LogP contribution in [0.15, 0.2) is 30.3 Å². The van der Waals surface area contributed by atoms with E-state index in [9.17, 15) is 4.79 Å². The van der Waals surface area contributed by atoms with Gasteiger partial charge in [-0.05, 0) is 24.4 Å². The zero-order chi connectivity index (χ0) is 14.4. The number of nitrogens with zero attached hydrogens (tertiary/aromatic N) is 3. The van der Waals surface area contributed by atoms with E-state index < -0.39 is 0 Å². The summed E-state index contributed by atoms with van der Waals surface area (Å²) in [5.74, 6) is 0.641. The molecule has 106 valence electrons. The molecule has 1 saturated heterocycles. The lowest BCUT2D eigenvalue weighted by atomic mass is 9.99. The Bertz CT molecular complexity index is 480. The highest BCUT2D eigenvalue weighted by Gasteiger charge is 2.25. The summed E-state index contributed by atoms with van der Waals surface area (Å²) >= 11 is 0. The van der Waals surface area contributed by atoms with Gasteiger partial charge in [-0.3, -0.25) is 9.69 Å². The van der Waals surface area contributed by atoms with Crippen LogP contribution in [0.2, 0.25) is 0 Å². The lowest BCUT2D eigenvalue weighted by Crippen LogP contribution is -2.37. The van der Waals surface area contributed by atoms with Gasteiger partial charge < -0.3 is 4.90 Å². The van der Waals surface area contributed by atoms with Gasteiger partial charge in [0.1, 0.15) is 0 Å². The first kappa shape index (κ1) is 14.5. The van der Waals surface area contributed by atoms with E-state index in [1.165, 1.54) is 5.56 Å². The molecule has 2 rings (SSSR count). The number of carbonyl (C=O) groups excluding carboxylic acids is 1. The lowest BCUT2D eigenvalue weighted by Gasteiger charge is -2.20. The van der Waals surface area contributed by atoms with Gasteiger partial charge in [-0.2, -0.15) is 5.26 Å². The molecule has 1 aliphatic heterocycles. The molecule has 4 nitrogen and oxygen atoms in total. The summed E-state index contributed by atoms with van der Waals surface area (Å²) in [4.78, 5) is 15.9. The van der Waals surface area contributed by atoms with Gasteiger partial charge in [-0.15, -0.1) is 0 Å². The fourth-order valence-electron chi connectivity index (χ4n) is 2.63. The molecule has 20 heavy (non-hydrogen) atoms. The lowest BCUT2D eigenvalue weighted by molar-refractivity contribution is -0.130. The molecule has 0 radical (unpaired) electrons. The Balaban J connectivity index is 1.82. The van der Waals surface area contributed by atoms with Gasteiger partial charge in [0.05, 0.1) is 19.0 Å². The molecular weight excluding hydrogens is 250 g/mol. The highest BCUT2D eigenvalue weighted by Crippen LogP contribution is 2.26. The van der Waals surface area contributed by atoms with Crippen LogP contribution < -0.4 is 0 Å². The number of benzene rings is 1. The second-order valence-electron chi connectivity index (χ2n) is 5.35. The van der Waals surface area contributed by atoms with E-state index >= 15 is 0 Å². The molecule has 1 atom stereocenters. The highest BCUT2D eigenvalue weighted by atomic mass is 16.2. The van der Waals surface area contributed by atoms with Crippen molar-refractivity contribution in [2.24, 2.45) is 0 Å². The van der Waals surface area contributed by atoms with E-state index in [0.29, 0.717) is 25.4 Å². The standard InChI is InChI=1S/C16H21N3O/c1-18(10-5-9-17)16(20)13-19-11-8-15(12-19)14-6-3-2-4-7-14/h2-4,6-7,15H,5,8,10-13H2,1H3. The molecule has 1 unspecified atom stereocenters. The molecule has 0 aliphatic carbocycles. The van der Waals surface area contributed by atoms with Crippen molar-refractivity contribution in [2.45, 2.75) is 18.8 Å². The third-order valence-corrected chi connectivity index (χ3v) is 3.89. The zero-order valence-electron chi connectivity index (χ0n) is 12.0. The average molecular weight is 271 g/mol. The van der Waals surface area contributed by atoms with Crippen molar-refractivity contribution < 1.29 is 4.79 Å². The first-order valence-electron chi connectivity index (χ1n) is 7.09. The number of rotatable bonds is 5. The van der Waals surface area contributed by atoms with Crippen molar-refractivity contribution in [3.8, 4) is 6.07 Å². The predicted molar refractivity (Wildman–Crippen MR) is 78.1 cm³/mol. The molecule has 0 bridgehead atoms. The number of amides is 1. The summed E-state index contributed by atoms with van der Waals surface area (Å²) in [7, 11) is 1.77. The number of hydrogen-bond donors (Lipinski definition) is 0. The number of hydrogen-bond acceptors (Lipinski definition) is 3. The second kappa shape index (κ2) is 7.06. The number of carbonyl (C=O) groups is 1. The van der Waals surface area contributed by atoms with E-state index in [-0.39, 0.29) is 5.91 Å². The fraction of sp³-hybridized carbons (Fsp3) is 0.500. The smallest absolute Gasteiger partial charge is 0.236 e. The molecule has 0 spiro atoms. The van der Waals surface area contributed by atoms with Crippen LogP contribution in [0.5, 0.6) is 0 Å². The molecule has 1 aromatic carbocycles. The van der Waals surface area contributed by atoms with Gasteiger partial charge >= 0.3 is 0 Å². The number of likely N-dealkylation sites (tertiary alicyclic amines) is 1. The Hall–Kier alpha value is -1.86. The molecular formula is C16H21N3O. The molecule has 1 fully saturated rings. The molecule has 0 saturated carbocycles. The first-order chi connectivity index (χ1) is 9.70. The molecule has 1 aromatic rings. The highest BCUT2D eigenvalue weighted by molar-refractivity contribution is 5.78. The SMILES string of the molecule is CN(CCC#N)C(=O)CN1CCC(c2ccccc2)C1. The first-order valence-corrected chi connectivity index (χ1v) is 7.09. The maximum absolute atomic E-state index is 12.0. The minimum Gasteiger partial charge on any atom is -0.344 e. The fourth-order valence-corrected chi connectivity index (χ4v) is 2.63. The quantitative estimate of drug-likeness (QED) is 0.821. The van der Waals surface area contributed by atoms with E-state index in [2.05, 4.69) is 35.2 Å². The summed E-state index contributed by atoms with van der Waals surface area (Å²) in [6, 6.07) is 12.6. The zero-order valence-corrected chi connectivity index (χ0v) is 12.0. The van der Waals surface area contributed by atoms with Gasteiger partial charge in [0.15, 0.2) is 0 Å². The van der Waals surface area contributed by atoms with Crippen molar-refractivity contribution in [2.75, 3.05) is 33.2 Å². The maximum Gasteiger partial charge on any atom is 0.236 e. The van der Waals surface area contributed by atoms with E-state index in [1.807, 2.05) is 6.07 Å². The number of nitriles is 1. The Morgan fingerprint density at radius 1 is 1.45 bits per heavy atom. The molecule has 0 aromatic heterocycles.